The molecule has 0 aromatic rings. The van der Waals surface area contributed by atoms with Crippen LogP contribution < -0.4 is 0 Å². The van der Waals surface area contributed by atoms with E-state index in [1.807, 2.05) is 0 Å². The molecular weight excluding hydrogens is 248 g/mol. The zero-order valence-electron chi connectivity index (χ0n) is 12.5. The minimum absolute atomic E-state index is 0.911. The molecule has 2 bridgehead atoms. The van der Waals surface area contributed by atoms with Gasteiger partial charge in [-0.25, -0.2) is 0 Å². The van der Waals surface area contributed by atoms with Crippen LogP contribution in [0.2, 0.25) is 0 Å². The second-order valence-corrected chi connectivity index (χ2v) is 7.18. The van der Waals surface area contributed by atoms with Crippen LogP contribution in [0.5, 0.6) is 0 Å². The van der Waals surface area contributed by atoms with Crippen LogP contribution in [0.3, 0.4) is 0 Å². The molecule has 3 aliphatic carbocycles. The van der Waals surface area contributed by atoms with Gasteiger partial charge in [-0.05, 0) is 56.0 Å². The van der Waals surface area contributed by atoms with Gasteiger partial charge in [-0.15, -0.1) is 0 Å². The fraction of sp³-hybridized carbons (Fsp3) is 0.882. The predicted molar refractivity (Wildman–Crippen MR) is 80.7 cm³/mol. The van der Waals surface area contributed by atoms with Crippen molar-refractivity contribution in [3.05, 3.63) is 12.2 Å². The molecule has 2 aliphatic heterocycles. The smallest absolute Gasteiger partial charge is 0.0594 e. The Morgan fingerprint density at radius 2 is 1.45 bits per heavy atom. The van der Waals surface area contributed by atoms with Crippen molar-refractivity contribution in [2.24, 2.45) is 23.7 Å². The molecule has 0 N–H and O–H groups in total. The Morgan fingerprint density at radius 1 is 0.850 bits per heavy atom. The molecule has 3 nitrogen and oxygen atoms in total. The number of nitrogens with zero attached hydrogens (tertiary/aromatic N) is 2. The molecule has 20 heavy (non-hydrogen) atoms. The highest BCUT2D eigenvalue weighted by atomic mass is 16.5. The zero-order chi connectivity index (χ0) is 13.4. The van der Waals surface area contributed by atoms with E-state index in [4.69, 9.17) is 4.74 Å². The summed E-state index contributed by atoms with van der Waals surface area (Å²) in [7, 11) is 0. The standard InChI is InChI=1S/C17H28N2O/c1(6-18-8-10-20-11-9-18)7-19-12-16-14-2-3-15(5-4-14)17(16)13-19/h2-3,14-17H,1,4-13H2/t14-,15+,16-,17-/m1/s1. The van der Waals surface area contributed by atoms with E-state index in [1.165, 1.54) is 45.4 Å². The summed E-state index contributed by atoms with van der Waals surface area (Å²) in [5, 5.41) is 0. The Kier molecular flexibility index (Phi) is 3.84. The number of rotatable bonds is 4. The Hall–Kier alpha value is -0.380. The monoisotopic (exact) mass is 276 g/mol. The van der Waals surface area contributed by atoms with E-state index in [2.05, 4.69) is 22.0 Å². The zero-order valence-corrected chi connectivity index (χ0v) is 12.5. The number of hydrogen-bond acceptors (Lipinski definition) is 3. The third-order valence-electron chi connectivity index (χ3n) is 6.08. The van der Waals surface area contributed by atoms with E-state index in [0.717, 1.165) is 50.0 Å². The largest absolute Gasteiger partial charge is 0.379 e. The Morgan fingerprint density at radius 3 is 2.05 bits per heavy atom. The Bertz CT molecular complexity index is 342. The van der Waals surface area contributed by atoms with Crippen molar-refractivity contribution >= 4 is 0 Å². The molecule has 112 valence electrons. The van der Waals surface area contributed by atoms with Crippen molar-refractivity contribution < 1.29 is 4.74 Å². The van der Waals surface area contributed by atoms with Gasteiger partial charge < -0.3 is 9.64 Å². The molecule has 3 fully saturated rings. The lowest BCUT2D eigenvalue weighted by atomic mass is 9.64. The van der Waals surface area contributed by atoms with Crippen LogP contribution in [0.25, 0.3) is 0 Å². The van der Waals surface area contributed by atoms with Gasteiger partial charge in [-0.3, -0.25) is 4.90 Å². The van der Waals surface area contributed by atoms with E-state index in [9.17, 15) is 0 Å². The van der Waals surface area contributed by atoms with E-state index in [-0.39, 0.29) is 0 Å². The number of likely N-dealkylation sites (tertiary alicyclic amines) is 1. The number of hydrogen-bond donors (Lipinski definition) is 0. The van der Waals surface area contributed by atoms with E-state index in [1.54, 1.807) is 0 Å². The lowest BCUT2D eigenvalue weighted by Crippen LogP contribution is -2.38. The summed E-state index contributed by atoms with van der Waals surface area (Å²) in [5.41, 5.74) is 0. The van der Waals surface area contributed by atoms with Crippen LogP contribution in [0.4, 0.5) is 0 Å². The van der Waals surface area contributed by atoms with Gasteiger partial charge in [0.05, 0.1) is 13.2 Å². The van der Waals surface area contributed by atoms with E-state index in [0.29, 0.717) is 0 Å². The summed E-state index contributed by atoms with van der Waals surface area (Å²) < 4.78 is 5.42. The third-order valence-corrected chi connectivity index (χ3v) is 6.08. The minimum atomic E-state index is 0.911. The van der Waals surface area contributed by atoms with E-state index < -0.39 is 0 Å². The molecular formula is C17H28N2O. The average molecular weight is 276 g/mol. The van der Waals surface area contributed by atoms with Crippen molar-refractivity contribution in [1.82, 2.24) is 9.80 Å². The maximum Gasteiger partial charge on any atom is 0.0594 e. The van der Waals surface area contributed by atoms with Crippen LogP contribution in [0, 0.1) is 23.7 Å². The maximum atomic E-state index is 5.42. The summed E-state index contributed by atoms with van der Waals surface area (Å²) in [4.78, 5) is 5.33. The van der Waals surface area contributed by atoms with Crippen molar-refractivity contribution in [2.75, 3.05) is 52.5 Å². The van der Waals surface area contributed by atoms with Crippen LogP contribution in [0.1, 0.15) is 19.3 Å². The number of allylic oxidation sites excluding steroid dienone is 2. The third kappa shape index (κ3) is 2.56. The van der Waals surface area contributed by atoms with Crippen LogP contribution in [-0.2, 0) is 4.74 Å². The molecule has 5 aliphatic rings. The first-order chi connectivity index (χ1) is 9.90. The SMILES string of the molecule is C1=C[C@H]2CC[C@@H]1[C@H]1CN(CCCN3CCOCC3)C[C@@H]12. The molecule has 5 rings (SSSR count). The molecule has 0 aromatic heterocycles. The van der Waals surface area contributed by atoms with Gasteiger partial charge in [0.1, 0.15) is 0 Å². The quantitative estimate of drug-likeness (QED) is 0.729. The fourth-order valence-electron chi connectivity index (χ4n) is 4.95. The second-order valence-electron chi connectivity index (χ2n) is 7.18. The van der Waals surface area contributed by atoms with Crippen LogP contribution in [-0.4, -0.2) is 62.3 Å². The first-order valence-electron chi connectivity index (χ1n) is 8.61. The molecule has 0 aromatic carbocycles. The lowest BCUT2D eigenvalue weighted by molar-refractivity contribution is 0.0363. The second kappa shape index (κ2) is 5.78. The molecule has 1 saturated carbocycles. The molecule has 2 saturated heterocycles. The Labute approximate surface area is 122 Å². The summed E-state index contributed by atoms with van der Waals surface area (Å²) >= 11 is 0. The lowest BCUT2D eigenvalue weighted by Gasteiger charge is -2.40. The van der Waals surface area contributed by atoms with Gasteiger partial charge in [0, 0.05) is 26.2 Å². The molecule has 0 amide bonds. The summed E-state index contributed by atoms with van der Waals surface area (Å²) in [6.07, 6.45) is 9.33. The average Bonchev–Trinajstić information content (AvgIpc) is 2.95. The summed E-state index contributed by atoms with van der Waals surface area (Å²) in [6, 6.07) is 0. The van der Waals surface area contributed by atoms with Gasteiger partial charge in [0.25, 0.3) is 0 Å². The number of fused-ring (bicyclic) bond motifs is 1. The Balaban J connectivity index is 1.23. The van der Waals surface area contributed by atoms with Gasteiger partial charge in [-0.1, -0.05) is 12.2 Å². The van der Waals surface area contributed by atoms with Crippen molar-refractivity contribution in [1.29, 1.82) is 0 Å². The van der Waals surface area contributed by atoms with Gasteiger partial charge >= 0.3 is 0 Å². The van der Waals surface area contributed by atoms with Gasteiger partial charge in [0.2, 0.25) is 0 Å². The number of morpholine rings is 1. The molecule has 3 heteroatoms. The topological polar surface area (TPSA) is 15.7 Å². The first-order valence-corrected chi connectivity index (χ1v) is 8.61. The van der Waals surface area contributed by atoms with Crippen molar-refractivity contribution in [3.8, 4) is 0 Å². The van der Waals surface area contributed by atoms with Crippen molar-refractivity contribution in [2.45, 2.75) is 19.3 Å². The normalized spacial score (nSPS) is 41.2. The molecule has 0 radical (unpaired) electrons. The van der Waals surface area contributed by atoms with Gasteiger partial charge in [0.15, 0.2) is 0 Å². The van der Waals surface area contributed by atoms with Crippen LogP contribution >= 0.6 is 0 Å². The van der Waals surface area contributed by atoms with Crippen LogP contribution in [0.15, 0.2) is 12.2 Å². The summed E-state index contributed by atoms with van der Waals surface area (Å²) in [5.74, 6) is 3.80. The van der Waals surface area contributed by atoms with E-state index >= 15 is 0 Å². The predicted octanol–water partition coefficient (Wildman–Crippen LogP) is 1.85. The molecule has 2 heterocycles. The van der Waals surface area contributed by atoms with Gasteiger partial charge in [-0.2, -0.15) is 0 Å². The maximum absolute atomic E-state index is 5.42. The first kappa shape index (κ1) is 13.3. The molecule has 0 unspecified atom stereocenters. The summed E-state index contributed by atoms with van der Waals surface area (Å²) in [6.45, 7) is 9.47. The highest BCUT2D eigenvalue weighted by Gasteiger charge is 2.45. The molecule has 4 atom stereocenters. The minimum Gasteiger partial charge on any atom is -0.379 e. The van der Waals surface area contributed by atoms with Crippen molar-refractivity contribution in [3.63, 3.8) is 0 Å². The fourth-order valence-corrected chi connectivity index (χ4v) is 4.95. The highest BCUT2D eigenvalue weighted by molar-refractivity contribution is 5.12. The number of ether oxygens (including phenoxy) is 1. The highest BCUT2D eigenvalue weighted by Crippen LogP contribution is 2.48. The molecule has 0 spiro atoms.